The van der Waals surface area contributed by atoms with E-state index in [0.29, 0.717) is 27.7 Å². The molecular formula is C13H13BrFN3O2. The number of methoxy groups -OCH3 is 1. The van der Waals surface area contributed by atoms with E-state index in [1.807, 2.05) is 0 Å². The number of rotatable bonds is 5. The Bertz CT molecular complexity index is 610. The minimum Gasteiger partial charge on any atom is -0.438 e. The van der Waals surface area contributed by atoms with Crippen molar-refractivity contribution < 1.29 is 13.9 Å². The molecule has 1 aromatic heterocycles. The summed E-state index contributed by atoms with van der Waals surface area (Å²) in [5.41, 5.74) is 0. The zero-order valence-corrected chi connectivity index (χ0v) is 12.6. The number of hydrogen-bond donors (Lipinski definition) is 1. The summed E-state index contributed by atoms with van der Waals surface area (Å²) in [6, 6.07) is 5.81. The molecule has 2 aromatic rings. The van der Waals surface area contributed by atoms with Crippen LogP contribution >= 0.6 is 15.9 Å². The zero-order valence-electron chi connectivity index (χ0n) is 11.0. The van der Waals surface area contributed by atoms with Crippen LogP contribution < -0.4 is 10.1 Å². The molecule has 106 valence electrons. The molecule has 0 amide bonds. The van der Waals surface area contributed by atoms with Crippen LogP contribution in [0.5, 0.6) is 11.6 Å². The van der Waals surface area contributed by atoms with Crippen molar-refractivity contribution in [1.29, 1.82) is 0 Å². The van der Waals surface area contributed by atoms with E-state index >= 15 is 0 Å². The largest absolute Gasteiger partial charge is 0.438 e. The van der Waals surface area contributed by atoms with Crippen LogP contribution in [0.1, 0.15) is 5.82 Å². The lowest BCUT2D eigenvalue weighted by molar-refractivity contribution is 0.177. The molecular weight excluding hydrogens is 329 g/mol. The first-order valence-electron chi connectivity index (χ1n) is 5.80. The van der Waals surface area contributed by atoms with Gasteiger partial charge >= 0.3 is 0 Å². The van der Waals surface area contributed by atoms with Crippen LogP contribution in [0.4, 0.5) is 10.2 Å². The Morgan fingerprint density at radius 1 is 1.30 bits per heavy atom. The Hall–Kier alpha value is -1.73. The fourth-order valence-corrected chi connectivity index (χ4v) is 1.95. The van der Waals surface area contributed by atoms with Gasteiger partial charge in [0.2, 0.25) is 5.88 Å². The quantitative estimate of drug-likeness (QED) is 0.903. The molecule has 0 saturated carbocycles. The second-order valence-electron chi connectivity index (χ2n) is 3.87. The first kappa shape index (κ1) is 14.7. The van der Waals surface area contributed by atoms with Crippen molar-refractivity contribution in [1.82, 2.24) is 9.97 Å². The minimum atomic E-state index is -0.345. The lowest BCUT2D eigenvalue weighted by atomic mass is 10.3. The predicted molar refractivity (Wildman–Crippen MR) is 76.5 cm³/mol. The number of nitrogens with one attached hydrogen (secondary N) is 1. The summed E-state index contributed by atoms with van der Waals surface area (Å²) in [6.45, 7) is 0.274. The molecule has 0 saturated heterocycles. The van der Waals surface area contributed by atoms with Gasteiger partial charge in [-0.1, -0.05) is 0 Å². The Morgan fingerprint density at radius 3 is 2.75 bits per heavy atom. The van der Waals surface area contributed by atoms with Crippen LogP contribution in [0, 0.1) is 5.82 Å². The number of benzene rings is 1. The van der Waals surface area contributed by atoms with Gasteiger partial charge in [-0.05, 0) is 34.1 Å². The molecule has 1 aromatic carbocycles. The first-order valence-corrected chi connectivity index (χ1v) is 6.59. The molecule has 0 aliphatic heterocycles. The second-order valence-corrected chi connectivity index (χ2v) is 4.72. The van der Waals surface area contributed by atoms with E-state index in [1.165, 1.54) is 18.2 Å². The Labute approximate surface area is 124 Å². The molecule has 1 heterocycles. The number of anilines is 1. The number of halogens is 2. The second kappa shape index (κ2) is 6.62. The SMILES string of the molecule is CNc1cc(Oc2ccc(F)cc2Br)nc(COC)n1. The van der Waals surface area contributed by atoms with Gasteiger partial charge in [0.25, 0.3) is 0 Å². The summed E-state index contributed by atoms with van der Waals surface area (Å²) in [4.78, 5) is 8.44. The molecule has 0 radical (unpaired) electrons. The van der Waals surface area contributed by atoms with Crippen LogP contribution in [0.15, 0.2) is 28.7 Å². The van der Waals surface area contributed by atoms with Gasteiger partial charge in [-0.2, -0.15) is 4.98 Å². The molecule has 7 heteroatoms. The van der Waals surface area contributed by atoms with Crippen molar-refractivity contribution in [3.05, 3.63) is 40.4 Å². The normalized spacial score (nSPS) is 10.4. The standard InChI is InChI=1S/C13H13BrFN3O2/c1-16-11-6-13(18-12(17-11)7-19-2)20-10-4-3-8(15)5-9(10)14/h3-6H,7H2,1-2H3,(H,16,17,18). The molecule has 2 rings (SSSR count). The minimum absolute atomic E-state index is 0.274. The van der Waals surface area contributed by atoms with Crippen molar-refractivity contribution >= 4 is 21.7 Å². The third kappa shape index (κ3) is 3.64. The molecule has 0 bridgehead atoms. The van der Waals surface area contributed by atoms with Crippen LogP contribution in [0.3, 0.4) is 0 Å². The Kier molecular flexibility index (Phi) is 4.86. The highest BCUT2D eigenvalue weighted by atomic mass is 79.9. The summed E-state index contributed by atoms with van der Waals surface area (Å²) in [7, 11) is 3.31. The fourth-order valence-electron chi connectivity index (χ4n) is 1.52. The molecule has 0 spiro atoms. The average Bonchev–Trinajstić information content (AvgIpc) is 2.42. The van der Waals surface area contributed by atoms with E-state index in [1.54, 1.807) is 20.2 Å². The fraction of sp³-hybridized carbons (Fsp3) is 0.231. The Balaban J connectivity index is 2.29. The van der Waals surface area contributed by atoms with Crippen molar-refractivity contribution in [2.24, 2.45) is 0 Å². The van der Waals surface area contributed by atoms with Crippen molar-refractivity contribution in [3.63, 3.8) is 0 Å². The smallest absolute Gasteiger partial charge is 0.224 e. The maximum atomic E-state index is 13.0. The highest BCUT2D eigenvalue weighted by molar-refractivity contribution is 9.10. The Morgan fingerprint density at radius 2 is 2.10 bits per heavy atom. The monoisotopic (exact) mass is 341 g/mol. The van der Waals surface area contributed by atoms with Gasteiger partial charge in [-0.25, -0.2) is 9.37 Å². The van der Waals surface area contributed by atoms with Gasteiger partial charge in [0.15, 0.2) is 5.82 Å². The molecule has 0 fully saturated rings. The van der Waals surface area contributed by atoms with Crippen LogP contribution in [0.25, 0.3) is 0 Å². The van der Waals surface area contributed by atoms with E-state index in [9.17, 15) is 4.39 Å². The number of hydrogen-bond acceptors (Lipinski definition) is 5. The van der Waals surface area contributed by atoms with Gasteiger partial charge in [-0.3, -0.25) is 0 Å². The lowest BCUT2D eigenvalue weighted by Crippen LogP contribution is -2.03. The van der Waals surface area contributed by atoms with Gasteiger partial charge in [0.05, 0.1) is 4.47 Å². The highest BCUT2D eigenvalue weighted by Gasteiger charge is 2.09. The summed E-state index contributed by atoms with van der Waals surface area (Å²) < 4.78 is 24.2. The number of nitrogens with zero attached hydrogens (tertiary/aromatic N) is 2. The predicted octanol–water partition coefficient (Wildman–Crippen LogP) is 3.36. The third-order valence-corrected chi connectivity index (χ3v) is 3.01. The number of ether oxygens (including phenoxy) is 2. The van der Waals surface area contributed by atoms with Gasteiger partial charge in [-0.15, -0.1) is 0 Å². The van der Waals surface area contributed by atoms with Gasteiger partial charge < -0.3 is 14.8 Å². The van der Waals surface area contributed by atoms with Gasteiger partial charge in [0, 0.05) is 20.2 Å². The van der Waals surface area contributed by atoms with Gasteiger partial charge in [0.1, 0.15) is 24.0 Å². The van der Waals surface area contributed by atoms with E-state index < -0.39 is 0 Å². The van der Waals surface area contributed by atoms with E-state index in [4.69, 9.17) is 9.47 Å². The molecule has 0 aliphatic carbocycles. The van der Waals surface area contributed by atoms with E-state index in [0.717, 1.165) is 0 Å². The van der Waals surface area contributed by atoms with Crippen LogP contribution in [-0.4, -0.2) is 24.1 Å². The van der Waals surface area contributed by atoms with Crippen molar-refractivity contribution in [3.8, 4) is 11.6 Å². The van der Waals surface area contributed by atoms with Crippen molar-refractivity contribution in [2.45, 2.75) is 6.61 Å². The molecule has 0 atom stereocenters. The third-order valence-electron chi connectivity index (χ3n) is 2.39. The summed E-state index contributed by atoms with van der Waals surface area (Å²) in [6.07, 6.45) is 0. The topological polar surface area (TPSA) is 56.3 Å². The van der Waals surface area contributed by atoms with Crippen LogP contribution in [-0.2, 0) is 11.3 Å². The molecule has 1 N–H and O–H groups in total. The van der Waals surface area contributed by atoms with Crippen LogP contribution in [0.2, 0.25) is 0 Å². The number of aromatic nitrogens is 2. The average molecular weight is 342 g/mol. The maximum absolute atomic E-state index is 13.0. The molecule has 0 unspecified atom stereocenters. The van der Waals surface area contributed by atoms with E-state index in [2.05, 4.69) is 31.2 Å². The summed E-state index contributed by atoms with van der Waals surface area (Å²) >= 11 is 3.24. The van der Waals surface area contributed by atoms with Crippen molar-refractivity contribution in [2.75, 3.05) is 19.5 Å². The summed E-state index contributed by atoms with van der Waals surface area (Å²) in [5.74, 6) is 1.58. The van der Waals surface area contributed by atoms with E-state index in [-0.39, 0.29) is 12.4 Å². The summed E-state index contributed by atoms with van der Waals surface area (Å²) in [5, 5.41) is 2.92. The first-order chi connectivity index (χ1) is 9.62. The maximum Gasteiger partial charge on any atom is 0.224 e. The molecule has 20 heavy (non-hydrogen) atoms. The zero-order chi connectivity index (χ0) is 14.5. The highest BCUT2D eigenvalue weighted by Crippen LogP contribution is 2.30. The molecule has 5 nitrogen and oxygen atoms in total. The lowest BCUT2D eigenvalue weighted by Gasteiger charge is -2.10. The molecule has 0 aliphatic rings.